The molecule has 2 aromatic carbocycles. The van der Waals surface area contributed by atoms with Crippen LogP contribution in [0.3, 0.4) is 0 Å². The lowest BCUT2D eigenvalue weighted by Gasteiger charge is -2.10. The molecule has 0 saturated carbocycles. The molecule has 2 nitrogen and oxygen atoms in total. The second-order valence-electron chi connectivity index (χ2n) is 4.12. The monoisotopic (exact) mass is 300 g/mol. The average Bonchev–Trinajstić information content (AvgIpc) is 2.40. The van der Waals surface area contributed by atoms with E-state index < -0.39 is 0 Å². The Morgan fingerprint density at radius 1 is 1.17 bits per heavy atom. The molecule has 0 amide bonds. The fraction of sp³-hybridized carbons (Fsp3) is 0.133. The van der Waals surface area contributed by atoms with Gasteiger partial charge in [0.1, 0.15) is 0 Å². The van der Waals surface area contributed by atoms with Gasteiger partial charge in [0, 0.05) is 16.7 Å². The third-order valence-corrected chi connectivity index (χ3v) is 3.29. The van der Waals surface area contributed by atoms with Gasteiger partial charge in [0.05, 0.1) is 11.6 Å². The van der Waals surface area contributed by atoms with Crippen LogP contribution < -0.4 is 5.32 Å². The predicted molar refractivity (Wildman–Crippen MR) is 77.4 cm³/mol. The van der Waals surface area contributed by atoms with Gasteiger partial charge in [-0.15, -0.1) is 0 Å². The minimum absolute atomic E-state index is 0.680. The minimum Gasteiger partial charge on any atom is -0.381 e. The number of hydrogen-bond acceptors (Lipinski definition) is 2. The SMILES string of the molecule is Cc1ccc(C#N)cc1NCc1ccc(Br)cc1. The molecule has 0 atom stereocenters. The molecule has 0 aliphatic rings. The lowest BCUT2D eigenvalue weighted by Crippen LogP contribution is -2.01. The smallest absolute Gasteiger partial charge is 0.0992 e. The lowest BCUT2D eigenvalue weighted by molar-refractivity contribution is 1.14. The molecule has 0 aliphatic carbocycles. The van der Waals surface area contributed by atoms with Gasteiger partial charge in [-0.05, 0) is 42.3 Å². The maximum Gasteiger partial charge on any atom is 0.0992 e. The normalized spacial score (nSPS) is 9.83. The molecule has 2 rings (SSSR count). The summed E-state index contributed by atoms with van der Waals surface area (Å²) in [5.41, 5.74) is 4.04. The van der Waals surface area contributed by atoms with Crippen molar-refractivity contribution >= 4 is 21.6 Å². The molecule has 0 aromatic heterocycles. The summed E-state index contributed by atoms with van der Waals surface area (Å²) < 4.78 is 1.08. The third kappa shape index (κ3) is 3.12. The van der Waals surface area contributed by atoms with Gasteiger partial charge < -0.3 is 5.32 Å². The number of aryl methyl sites for hydroxylation is 1. The average molecular weight is 301 g/mol. The number of hydrogen-bond donors (Lipinski definition) is 1. The van der Waals surface area contributed by atoms with Gasteiger partial charge in [-0.1, -0.05) is 34.1 Å². The molecule has 2 aromatic rings. The molecular formula is C15H13BrN2. The molecule has 1 N–H and O–H groups in total. The van der Waals surface area contributed by atoms with E-state index in [1.54, 1.807) is 0 Å². The van der Waals surface area contributed by atoms with Crippen molar-refractivity contribution in [3.05, 3.63) is 63.6 Å². The highest BCUT2D eigenvalue weighted by Crippen LogP contribution is 2.18. The molecule has 3 heteroatoms. The topological polar surface area (TPSA) is 35.8 Å². The molecule has 90 valence electrons. The number of anilines is 1. The number of benzene rings is 2. The fourth-order valence-electron chi connectivity index (χ4n) is 1.68. The molecule has 0 aliphatic heterocycles. The Balaban J connectivity index is 2.10. The number of nitrogens with zero attached hydrogens (tertiary/aromatic N) is 1. The van der Waals surface area contributed by atoms with Gasteiger partial charge in [-0.2, -0.15) is 5.26 Å². The van der Waals surface area contributed by atoms with Crippen molar-refractivity contribution < 1.29 is 0 Å². The molecule has 18 heavy (non-hydrogen) atoms. The Morgan fingerprint density at radius 2 is 1.89 bits per heavy atom. The standard InChI is InChI=1S/C15H13BrN2/c1-11-2-3-13(9-17)8-15(11)18-10-12-4-6-14(16)7-5-12/h2-8,18H,10H2,1H3. The van der Waals surface area contributed by atoms with Crippen molar-refractivity contribution in [2.24, 2.45) is 0 Å². The van der Waals surface area contributed by atoms with Crippen LogP contribution in [0.5, 0.6) is 0 Å². The van der Waals surface area contributed by atoms with Crippen LogP contribution in [-0.2, 0) is 6.54 Å². The molecule has 0 saturated heterocycles. The highest BCUT2D eigenvalue weighted by molar-refractivity contribution is 9.10. The van der Waals surface area contributed by atoms with Crippen molar-refractivity contribution in [1.82, 2.24) is 0 Å². The Kier molecular flexibility index (Phi) is 4.01. The van der Waals surface area contributed by atoms with Crippen molar-refractivity contribution in [3.63, 3.8) is 0 Å². The minimum atomic E-state index is 0.680. The van der Waals surface area contributed by atoms with Gasteiger partial charge >= 0.3 is 0 Å². The summed E-state index contributed by atoms with van der Waals surface area (Å²) in [5.74, 6) is 0. The van der Waals surface area contributed by atoms with Crippen LogP contribution in [0.4, 0.5) is 5.69 Å². The van der Waals surface area contributed by atoms with E-state index >= 15 is 0 Å². The first kappa shape index (κ1) is 12.7. The zero-order chi connectivity index (χ0) is 13.0. The van der Waals surface area contributed by atoms with Gasteiger partial charge in [0.2, 0.25) is 0 Å². The van der Waals surface area contributed by atoms with E-state index in [1.807, 2.05) is 37.3 Å². The Morgan fingerprint density at radius 3 is 2.56 bits per heavy atom. The lowest BCUT2D eigenvalue weighted by atomic mass is 10.1. The summed E-state index contributed by atoms with van der Waals surface area (Å²) in [6.07, 6.45) is 0. The van der Waals surface area contributed by atoms with E-state index in [2.05, 4.69) is 39.4 Å². The Bertz CT molecular complexity index is 582. The van der Waals surface area contributed by atoms with Crippen LogP contribution in [0, 0.1) is 18.3 Å². The van der Waals surface area contributed by atoms with Gasteiger partial charge in [0.15, 0.2) is 0 Å². The molecule has 0 spiro atoms. The Labute approximate surface area is 115 Å². The largest absolute Gasteiger partial charge is 0.381 e. The van der Waals surface area contributed by atoms with Crippen LogP contribution in [0.2, 0.25) is 0 Å². The van der Waals surface area contributed by atoms with Gasteiger partial charge in [-0.3, -0.25) is 0 Å². The van der Waals surface area contributed by atoms with E-state index in [0.29, 0.717) is 5.56 Å². The fourth-order valence-corrected chi connectivity index (χ4v) is 1.95. The van der Waals surface area contributed by atoms with Gasteiger partial charge in [0.25, 0.3) is 0 Å². The number of halogens is 1. The highest BCUT2D eigenvalue weighted by Gasteiger charge is 2.00. The van der Waals surface area contributed by atoms with E-state index in [1.165, 1.54) is 5.56 Å². The van der Waals surface area contributed by atoms with Crippen LogP contribution in [0.15, 0.2) is 46.9 Å². The first-order valence-electron chi connectivity index (χ1n) is 5.68. The summed E-state index contributed by atoms with van der Waals surface area (Å²) in [7, 11) is 0. The molecule has 0 bridgehead atoms. The van der Waals surface area contributed by atoms with Gasteiger partial charge in [-0.25, -0.2) is 0 Å². The quantitative estimate of drug-likeness (QED) is 0.920. The van der Waals surface area contributed by atoms with E-state index in [-0.39, 0.29) is 0 Å². The summed E-state index contributed by atoms with van der Waals surface area (Å²) in [5, 5.41) is 12.2. The maximum absolute atomic E-state index is 8.89. The molecule has 0 fully saturated rings. The van der Waals surface area contributed by atoms with Crippen molar-refractivity contribution in [1.29, 1.82) is 5.26 Å². The first-order chi connectivity index (χ1) is 8.69. The molecular weight excluding hydrogens is 288 g/mol. The molecule has 0 unspecified atom stereocenters. The summed E-state index contributed by atoms with van der Waals surface area (Å²) in [6.45, 7) is 2.79. The van der Waals surface area contributed by atoms with E-state index in [4.69, 9.17) is 5.26 Å². The maximum atomic E-state index is 8.89. The number of rotatable bonds is 3. The van der Waals surface area contributed by atoms with Crippen molar-refractivity contribution in [2.45, 2.75) is 13.5 Å². The van der Waals surface area contributed by atoms with Crippen molar-refractivity contribution in [3.8, 4) is 6.07 Å². The summed E-state index contributed by atoms with van der Waals surface area (Å²) in [4.78, 5) is 0. The summed E-state index contributed by atoms with van der Waals surface area (Å²) >= 11 is 3.42. The van der Waals surface area contributed by atoms with Crippen LogP contribution in [0.25, 0.3) is 0 Å². The Hall–Kier alpha value is -1.79. The van der Waals surface area contributed by atoms with Crippen LogP contribution >= 0.6 is 15.9 Å². The first-order valence-corrected chi connectivity index (χ1v) is 6.47. The second-order valence-corrected chi connectivity index (χ2v) is 5.04. The zero-order valence-electron chi connectivity index (χ0n) is 10.1. The van der Waals surface area contributed by atoms with E-state index in [9.17, 15) is 0 Å². The second kappa shape index (κ2) is 5.70. The van der Waals surface area contributed by atoms with Crippen molar-refractivity contribution in [2.75, 3.05) is 5.32 Å². The van der Waals surface area contributed by atoms with Crippen LogP contribution in [-0.4, -0.2) is 0 Å². The molecule has 0 heterocycles. The summed E-state index contributed by atoms with van der Waals surface area (Å²) in [6, 6.07) is 16.0. The predicted octanol–water partition coefficient (Wildman–Crippen LogP) is 4.24. The zero-order valence-corrected chi connectivity index (χ0v) is 11.7. The number of nitrogens with one attached hydrogen (secondary N) is 1. The number of nitriles is 1. The third-order valence-electron chi connectivity index (χ3n) is 2.76. The highest BCUT2D eigenvalue weighted by atomic mass is 79.9. The molecule has 0 radical (unpaired) electrons. The van der Waals surface area contributed by atoms with Crippen LogP contribution in [0.1, 0.15) is 16.7 Å². The van der Waals surface area contributed by atoms with E-state index in [0.717, 1.165) is 22.3 Å².